The highest BCUT2D eigenvalue weighted by molar-refractivity contribution is 6.06. The number of Topliss-reactive ketones (excluding diaryl/α,β-unsaturated/α-hetero) is 1. The fourth-order valence-electron chi connectivity index (χ4n) is 3.51. The van der Waals surface area contributed by atoms with Crippen molar-refractivity contribution >= 4 is 11.8 Å². The Labute approximate surface area is 158 Å². The predicted molar refractivity (Wildman–Crippen MR) is 100 cm³/mol. The number of benzene rings is 2. The largest absolute Gasteiger partial charge is 0.493 e. The zero-order chi connectivity index (χ0) is 19.6. The van der Waals surface area contributed by atoms with E-state index in [0.717, 1.165) is 11.1 Å². The smallest absolute Gasteiger partial charge is 0.337 e. The van der Waals surface area contributed by atoms with E-state index in [0.29, 0.717) is 53.2 Å². The van der Waals surface area contributed by atoms with Crippen LogP contribution in [0.3, 0.4) is 0 Å². The fourth-order valence-corrected chi connectivity index (χ4v) is 3.51. The minimum Gasteiger partial charge on any atom is -0.493 e. The maximum atomic E-state index is 12.7. The summed E-state index contributed by atoms with van der Waals surface area (Å²) < 4.78 is 21.5. The molecule has 0 bridgehead atoms. The molecular weight excluding hydrogens is 348 g/mol. The standard InChI is InChI=1S/C21H22O6/c1-24-17-11-12-6-5-7-16(22)14-9-8-13(21(23)27-4)10-15(14)18(12)20(26-3)19(17)25-2/h8-11H,5-7H2,1-4H3. The van der Waals surface area contributed by atoms with E-state index in [1.165, 1.54) is 14.2 Å². The summed E-state index contributed by atoms with van der Waals surface area (Å²) in [6.45, 7) is 0. The number of esters is 1. The molecule has 142 valence electrons. The lowest BCUT2D eigenvalue weighted by Crippen LogP contribution is -2.11. The molecule has 2 aromatic rings. The highest BCUT2D eigenvalue weighted by Crippen LogP contribution is 2.48. The second-order valence-electron chi connectivity index (χ2n) is 6.21. The molecule has 0 atom stereocenters. The van der Waals surface area contributed by atoms with Gasteiger partial charge in [-0.2, -0.15) is 0 Å². The van der Waals surface area contributed by atoms with Gasteiger partial charge in [0.05, 0.1) is 34.0 Å². The molecule has 6 nitrogen and oxygen atoms in total. The lowest BCUT2D eigenvalue weighted by Gasteiger charge is -2.23. The van der Waals surface area contributed by atoms with Gasteiger partial charge in [-0.25, -0.2) is 4.79 Å². The van der Waals surface area contributed by atoms with Crippen molar-refractivity contribution in [1.29, 1.82) is 0 Å². The number of ether oxygens (including phenoxy) is 4. The molecule has 0 spiro atoms. The van der Waals surface area contributed by atoms with Gasteiger partial charge in [0, 0.05) is 17.5 Å². The van der Waals surface area contributed by atoms with Crippen molar-refractivity contribution in [3.63, 3.8) is 0 Å². The zero-order valence-electron chi connectivity index (χ0n) is 15.9. The first kappa shape index (κ1) is 18.8. The molecule has 0 saturated carbocycles. The molecule has 0 radical (unpaired) electrons. The summed E-state index contributed by atoms with van der Waals surface area (Å²) in [5.74, 6) is 1.05. The number of methoxy groups -OCH3 is 4. The topological polar surface area (TPSA) is 71.1 Å². The van der Waals surface area contributed by atoms with Crippen LogP contribution in [0, 0.1) is 0 Å². The molecular formula is C21H22O6. The Morgan fingerprint density at radius 1 is 0.889 bits per heavy atom. The molecule has 1 aliphatic carbocycles. The van der Waals surface area contributed by atoms with Gasteiger partial charge in [-0.1, -0.05) is 0 Å². The Morgan fingerprint density at radius 2 is 1.63 bits per heavy atom. The minimum atomic E-state index is -0.465. The van der Waals surface area contributed by atoms with Crippen LogP contribution in [0.5, 0.6) is 17.2 Å². The van der Waals surface area contributed by atoms with E-state index in [1.807, 2.05) is 6.07 Å². The van der Waals surface area contributed by atoms with Crippen LogP contribution < -0.4 is 14.2 Å². The van der Waals surface area contributed by atoms with Gasteiger partial charge in [-0.3, -0.25) is 4.79 Å². The first-order valence-electron chi connectivity index (χ1n) is 8.63. The van der Waals surface area contributed by atoms with E-state index in [1.54, 1.807) is 32.4 Å². The third kappa shape index (κ3) is 3.23. The normalized spacial score (nSPS) is 13.0. The lowest BCUT2D eigenvalue weighted by molar-refractivity contribution is 0.0600. The monoisotopic (exact) mass is 370 g/mol. The van der Waals surface area contributed by atoms with Crippen molar-refractivity contribution in [2.75, 3.05) is 28.4 Å². The summed E-state index contributed by atoms with van der Waals surface area (Å²) in [4.78, 5) is 24.7. The van der Waals surface area contributed by atoms with Gasteiger partial charge in [0.25, 0.3) is 0 Å². The third-order valence-corrected chi connectivity index (χ3v) is 4.77. The molecule has 2 aromatic carbocycles. The molecule has 27 heavy (non-hydrogen) atoms. The second kappa shape index (κ2) is 7.70. The molecule has 0 N–H and O–H groups in total. The number of carbonyl (C=O) groups excluding carboxylic acids is 2. The number of carbonyl (C=O) groups is 2. The van der Waals surface area contributed by atoms with Crippen LogP contribution in [0.25, 0.3) is 11.1 Å². The quantitative estimate of drug-likeness (QED) is 0.765. The number of aryl methyl sites for hydroxylation is 1. The van der Waals surface area contributed by atoms with Crippen molar-refractivity contribution in [3.05, 3.63) is 41.0 Å². The van der Waals surface area contributed by atoms with Crippen LogP contribution in [0.1, 0.15) is 39.1 Å². The van der Waals surface area contributed by atoms with Gasteiger partial charge in [-0.05, 0) is 48.2 Å². The number of ketones is 1. The van der Waals surface area contributed by atoms with Gasteiger partial charge in [0.15, 0.2) is 17.3 Å². The van der Waals surface area contributed by atoms with Gasteiger partial charge in [-0.15, -0.1) is 0 Å². The summed E-state index contributed by atoms with van der Waals surface area (Å²) in [5.41, 5.74) is 3.26. The Hall–Kier alpha value is -3.02. The maximum absolute atomic E-state index is 12.7. The molecule has 6 heteroatoms. The van der Waals surface area contributed by atoms with Crippen molar-refractivity contribution in [2.45, 2.75) is 19.3 Å². The number of rotatable bonds is 4. The Kier molecular flexibility index (Phi) is 5.35. The van der Waals surface area contributed by atoms with Crippen molar-refractivity contribution in [1.82, 2.24) is 0 Å². The van der Waals surface area contributed by atoms with E-state index in [4.69, 9.17) is 18.9 Å². The van der Waals surface area contributed by atoms with Gasteiger partial charge in [0.1, 0.15) is 0 Å². The van der Waals surface area contributed by atoms with Gasteiger partial charge < -0.3 is 18.9 Å². The molecule has 0 amide bonds. The molecule has 0 saturated heterocycles. The predicted octanol–water partition coefficient (Wildman–Crippen LogP) is 3.69. The fraction of sp³-hybridized carbons (Fsp3) is 0.333. The average molecular weight is 370 g/mol. The molecule has 0 aliphatic heterocycles. The van der Waals surface area contributed by atoms with Crippen LogP contribution in [0.4, 0.5) is 0 Å². The number of hydrogen-bond acceptors (Lipinski definition) is 6. The number of hydrogen-bond donors (Lipinski definition) is 0. The van der Waals surface area contributed by atoms with Gasteiger partial charge >= 0.3 is 5.97 Å². The Bertz CT molecular complexity index is 900. The van der Waals surface area contributed by atoms with E-state index in [9.17, 15) is 9.59 Å². The molecule has 1 aliphatic rings. The summed E-state index contributed by atoms with van der Waals surface area (Å²) in [6, 6.07) is 6.87. The van der Waals surface area contributed by atoms with Crippen molar-refractivity contribution in [2.24, 2.45) is 0 Å². The van der Waals surface area contributed by atoms with Crippen LogP contribution in [-0.4, -0.2) is 40.2 Å². The first-order valence-corrected chi connectivity index (χ1v) is 8.63. The molecule has 3 rings (SSSR count). The van der Waals surface area contributed by atoms with Crippen LogP contribution in [-0.2, 0) is 11.2 Å². The SMILES string of the molecule is COC(=O)c1ccc2c(c1)-c1c(cc(OC)c(OC)c1OC)CCCC2=O. The van der Waals surface area contributed by atoms with Crippen LogP contribution in [0.15, 0.2) is 24.3 Å². The maximum Gasteiger partial charge on any atom is 0.337 e. The van der Waals surface area contributed by atoms with E-state index < -0.39 is 5.97 Å². The summed E-state index contributed by atoms with van der Waals surface area (Å²) in [5, 5.41) is 0. The minimum absolute atomic E-state index is 0.0314. The van der Waals surface area contributed by atoms with Crippen LogP contribution in [0.2, 0.25) is 0 Å². The van der Waals surface area contributed by atoms with Crippen LogP contribution >= 0.6 is 0 Å². The van der Waals surface area contributed by atoms with Crippen molar-refractivity contribution in [3.8, 4) is 28.4 Å². The van der Waals surface area contributed by atoms with E-state index in [-0.39, 0.29) is 5.78 Å². The summed E-state index contributed by atoms with van der Waals surface area (Å²) >= 11 is 0. The highest BCUT2D eigenvalue weighted by Gasteiger charge is 2.27. The summed E-state index contributed by atoms with van der Waals surface area (Å²) in [7, 11) is 5.97. The average Bonchev–Trinajstić information content (AvgIpc) is 2.70. The molecule has 0 fully saturated rings. The first-order chi connectivity index (χ1) is 13.0. The van der Waals surface area contributed by atoms with Crippen molar-refractivity contribution < 1.29 is 28.5 Å². The lowest BCUT2D eigenvalue weighted by atomic mass is 9.85. The summed E-state index contributed by atoms with van der Waals surface area (Å²) in [6.07, 6.45) is 1.82. The Morgan fingerprint density at radius 3 is 2.26 bits per heavy atom. The van der Waals surface area contributed by atoms with E-state index in [2.05, 4.69) is 0 Å². The third-order valence-electron chi connectivity index (χ3n) is 4.77. The second-order valence-corrected chi connectivity index (χ2v) is 6.21. The zero-order valence-corrected chi connectivity index (χ0v) is 15.9. The molecule has 0 unspecified atom stereocenters. The van der Waals surface area contributed by atoms with Gasteiger partial charge in [0.2, 0.25) is 5.75 Å². The molecule has 0 aromatic heterocycles. The highest BCUT2D eigenvalue weighted by atomic mass is 16.5. The number of fused-ring (bicyclic) bond motifs is 3. The molecule has 0 heterocycles. The van der Waals surface area contributed by atoms with E-state index >= 15 is 0 Å². The Balaban J connectivity index is 2.39.